The van der Waals surface area contributed by atoms with Crippen LogP contribution in [0.15, 0.2) is 36.5 Å². The lowest BCUT2D eigenvalue weighted by atomic mass is 9.81. The molecule has 0 spiro atoms. The number of carbonyl (C=O) groups excluding carboxylic acids is 3. The summed E-state index contributed by atoms with van der Waals surface area (Å²) in [6.07, 6.45) is 2.41. The predicted octanol–water partition coefficient (Wildman–Crippen LogP) is 2.82. The van der Waals surface area contributed by atoms with Crippen molar-refractivity contribution in [3.63, 3.8) is 0 Å². The van der Waals surface area contributed by atoms with Gasteiger partial charge in [0.2, 0.25) is 17.7 Å². The van der Waals surface area contributed by atoms with Gasteiger partial charge in [-0.2, -0.15) is 0 Å². The molecule has 2 aliphatic heterocycles. The number of piperidine rings is 1. The topological polar surface area (TPSA) is 95.9 Å². The van der Waals surface area contributed by atoms with Gasteiger partial charge < -0.3 is 9.64 Å². The number of aryl methyl sites for hydroxylation is 1. The molecule has 34 heavy (non-hydrogen) atoms. The first-order chi connectivity index (χ1) is 16.2. The van der Waals surface area contributed by atoms with Crippen LogP contribution in [0.2, 0.25) is 0 Å². The number of pyridine rings is 2. The minimum atomic E-state index is -0.452. The Morgan fingerprint density at radius 3 is 2.35 bits per heavy atom. The van der Waals surface area contributed by atoms with Crippen molar-refractivity contribution in [2.45, 2.75) is 40.0 Å². The average Bonchev–Trinajstić information content (AvgIpc) is 2.78. The number of anilines is 1. The SMILES string of the molecule is Cc1cccc(CCN2CCN(C(=O)Oc3ccc(N4C(=O)CC(C)(C)CC4=O)cn3)CC2)n1. The predicted molar refractivity (Wildman–Crippen MR) is 126 cm³/mol. The normalized spacial score (nSPS) is 18.8. The highest BCUT2D eigenvalue weighted by atomic mass is 16.6. The fourth-order valence-corrected chi connectivity index (χ4v) is 4.35. The molecule has 2 aromatic heterocycles. The molecule has 9 nitrogen and oxygen atoms in total. The molecule has 0 aromatic carbocycles. The van der Waals surface area contributed by atoms with Gasteiger partial charge in [-0.25, -0.2) is 14.7 Å². The van der Waals surface area contributed by atoms with E-state index in [-0.39, 0.29) is 23.1 Å². The van der Waals surface area contributed by atoms with Crippen molar-refractivity contribution < 1.29 is 19.1 Å². The third-order valence-corrected chi connectivity index (χ3v) is 6.19. The van der Waals surface area contributed by atoms with Crippen LogP contribution < -0.4 is 9.64 Å². The van der Waals surface area contributed by atoms with Crippen molar-refractivity contribution in [3.05, 3.63) is 47.9 Å². The Morgan fingerprint density at radius 2 is 1.74 bits per heavy atom. The largest absolute Gasteiger partial charge is 0.416 e. The number of rotatable bonds is 5. The summed E-state index contributed by atoms with van der Waals surface area (Å²) in [6, 6.07) is 9.15. The zero-order chi connectivity index (χ0) is 24.3. The lowest BCUT2D eigenvalue weighted by molar-refractivity contribution is -0.132. The van der Waals surface area contributed by atoms with E-state index in [2.05, 4.69) is 14.9 Å². The molecule has 0 N–H and O–H groups in total. The van der Waals surface area contributed by atoms with Crippen molar-refractivity contribution in [1.82, 2.24) is 19.8 Å². The Kier molecular flexibility index (Phi) is 6.92. The number of amides is 3. The van der Waals surface area contributed by atoms with E-state index in [4.69, 9.17) is 4.74 Å². The van der Waals surface area contributed by atoms with Crippen molar-refractivity contribution in [1.29, 1.82) is 0 Å². The Hall–Kier alpha value is -3.33. The maximum absolute atomic E-state index is 12.6. The molecular weight excluding hydrogens is 434 g/mol. The highest BCUT2D eigenvalue weighted by Crippen LogP contribution is 2.34. The molecule has 2 aliphatic rings. The first-order valence-corrected chi connectivity index (χ1v) is 11.6. The fraction of sp³-hybridized carbons (Fsp3) is 0.480. The third kappa shape index (κ3) is 5.77. The van der Waals surface area contributed by atoms with E-state index in [0.29, 0.717) is 31.6 Å². The first kappa shape index (κ1) is 23.8. The van der Waals surface area contributed by atoms with Crippen LogP contribution in [-0.4, -0.2) is 70.4 Å². The zero-order valence-corrected chi connectivity index (χ0v) is 20.0. The van der Waals surface area contributed by atoms with Gasteiger partial charge in [-0.15, -0.1) is 0 Å². The van der Waals surface area contributed by atoms with Crippen LogP contribution in [0, 0.1) is 12.3 Å². The van der Waals surface area contributed by atoms with Gasteiger partial charge in [-0.1, -0.05) is 19.9 Å². The minimum Gasteiger partial charge on any atom is -0.391 e. The molecule has 0 bridgehead atoms. The number of nitrogens with zero attached hydrogens (tertiary/aromatic N) is 5. The molecule has 0 aliphatic carbocycles. The van der Waals surface area contributed by atoms with Crippen molar-refractivity contribution in [2.75, 3.05) is 37.6 Å². The second-order valence-corrected chi connectivity index (χ2v) is 9.71. The second-order valence-electron chi connectivity index (χ2n) is 9.71. The highest BCUT2D eigenvalue weighted by molar-refractivity contribution is 6.16. The molecular formula is C25H31N5O4. The van der Waals surface area contributed by atoms with Crippen LogP contribution in [0.5, 0.6) is 5.88 Å². The molecule has 0 unspecified atom stereocenters. The Bertz CT molecular complexity index is 1040. The number of piperazine rings is 1. The van der Waals surface area contributed by atoms with Crippen LogP contribution in [0.4, 0.5) is 10.5 Å². The van der Waals surface area contributed by atoms with Gasteiger partial charge in [-0.3, -0.25) is 19.5 Å². The van der Waals surface area contributed by atoms with Gasteiger partial charge in [0, 0.05) is 69.4 Å². The van der Waals surface area contributed by atoms with E-state index in [0.717, 1.165) is 42.3 Å². The smallest absolute Gasteiger partial charge is 0.391 e. The van der Waals surface area contributed by atoms with Crippen molar-refractivity contribution in [2.24, 2.45) is 5.41 Å². The summed E-state index contributed by atoms with van der Waals surface area (Å²) >= 11 is 0. The second kappa shape index (κ2) is 9.89. The molecule has 4 rings (SSSR count). The van der Waals surface area contributed by atoms with E-state index >= 15 is 0 Å². The summed E-state index contributed by atoms with van der Waals surface area (Å²) in [4.78, 5) is 51.3. The van der Waals surface area contributed by atoms with E-state index in [1.54, 1.807) is 11.0 Å². The van der Waals surface area contributed by atoms with Gasteiger partial charge in [0.25, 0.3) is 0 Å². The molecule has 2 saturated heterocycles. The molecule has 4 heterocycles. The summed E-state index contributed by atoms with van der Waals surface area (Å²) < 4.78 is 5.42. The van der Waals surface area contributed by atoms with Gasteiger partial charge in [0.05, 0.1) is 11.9 Å². The summed E-state index contributed by atoms with van der Waals surface area (Å²) in [6.45, 7) is 9.38. The molecule has 0 radical (unpaired) electrons. The maximum Gasteiger partial charge on any atom is 0.416 e. The van der Waals surface area contributed by atoms with Gasteiger partial charge in [0.15, 0.2) is 0 Å². The van der Waals surface area contributed by atoms with Gasteiger partial charge >= 0.3 is 6.09 Å². The first-order valence-electron chi connectivity index (χ1n) is 11.6. The Morgan fingerprint density at radius 1 is 1.03 bits per heavy atom. The summed E-state index contributed by atoms with van der Waals surface area (Å²) in [5.41, 5.74) is 2.15. The van der Waals surface area contributed by atoms with E-state index in [9.17, 15) is 14.4 Å². The average molecular weight is 466 g/mol. The summed E-state index contributed by atoms with van der Waals surface area (Å²) in [5.74, 6) is -0.355. The van der Waals surface area contributed by atoms with E-state index in [1.807, 2.05) is 39.0 Å². The lowest BCUT2D eigenvalue weighted by Gasteiger charge is -2.34. The minimum absolute atomic E-state index is 0.138. The molecule has 9 heteroatoms. The van der Waals surface area contributed by atoms with E-state index in [1.165, 1.54) is 12.3 Å². The lowest BCUT2D eigenvalue weighted by Crippen LogP contribution is -2.50. The molecule has 3 amide bonds. The molecule has 180 valence electrons. The Balaban J connectivity index is 1.26. The van der Waals surface area contributed by atoms with Crippen molar-refractivity contribution >= 4 is 23.6 Å². The molecule has 2 aromatic rings. The number of hydrogen-bond acceptors (Lipinski definition) is 7. The summed E-state index contributed by atoms with van der Waals surface area (Å²) in [5, 5.41) is 0. The molecule has 0 saturated carbocycles. The number of imide groups is 1. The highest BCUT2D eigenvalue weighted by Gasteiger charge is 2.38. The standard InChI is InChI=1S/C25H31N5O4/c1-18-5-4-6-19(27-18)9-10-28-11-13-29(14-12-28)24(33)34-21-8-7-20(17-26-21)30-22(31)15-25(2,3)16-23(30)32/h4-8,17H,9-16H2,1-3H3. The number of hydrogen-bond donors (Lipinski definition) is 0. The van der Waals surface area contributed by atoms with Crippen LogP contribution in [0.25, 0.3) is 0 Å². The quantitative estimate of drug-likeness (QED) is 0.627. The van der Waals surface area contributed by atoms with Gasteiger partial charge in [0.1, 0.15) is 0 Å². The zero-order valence-electron chi connectivity index (χ0n) is 20.0. The number of aromatic nitrogens is 2. The van der Waals surface area contributed by atoms with E-state index < -0.39 is 6.09 Å². The van der Waals surface area contributed by atoms with Crippen molar-refractivity contribution in [3.8, 4) is 5.88 Å². The van der Waals surface area contributed by atoms with Crippen LogP contribution in [0.1, 0.15) is 38.1 Å². The van der Waals surface area contributed by atoms with Crippen LogP contribution in [-0.2, 0) is 16.0 Å². The molecule has 0 atom stereocenters. The maximum atomic E-state index is 12.6. The summed E-state index contributed by atoms with van der Waals surface area (Å²) in [7, 11) is 0. The monoisotopic (exact) mass is 465 g/mol. The number of carbonyl (C=O) groups is 3. The number of ether oxygens (including phenoxy) is 1. The fourth-order valence-electron chi connectivity index (χ4n) is 4.35. The third-order valence-electron chi connectivity index (χ3n) is 6.19. The molecule has 2 fully saturated rings. The van der Waals surface area contributed by atoms with Crippen LogP contribution in [0.3, 0.4) is 0 Å². The van der Waals surface area contributed by atoms with Gasteiger partial charge in [-0.05, 0) is 30.5 Å². The Labute approximate surface area is 199 Å². The van der Waals surface area contributed by atoms with Crippen LogP contribution >= 0.6 is 0 Å².